The Morgan fingerprint density at radius 2 is 2.12 bits per heavy atom. The van der Waals surface area contributed by atoms with Crippen molar-refractivity contribution in [3.63, 3.8) is 0 Å². The summed E-state index contributed by atoms with van der Waals surface area (Å²) in [5.74, 6) is -2.78. The minimum absolute atomic E-state index is 0.00329. The molecule has 0 saturated heterocycles. The third-order valence-corrected chi connectivity index (χ3v) is 3.63. The molecule has 0 aliphatic heterocycles. The van der Waals surface area contributed by atoms with Crippen LogP contribution in [0.3, 0.4) is 0 Å². The molecule has 6 nitrogen and oxygen atoms in total. The zero-order valence-electron chi connectivity index (χ0n) is 12.9. The lowest BCUT2D eigenvalue weighted by atomic mass is 10.1. The smallest absolute Gasteiger partial charge is 0.256 e. The monoisotopic (exact) mass is 364 g/mol. The Labute approximate surface area is 145 Å². The molecule has 0 aromatic carbocycles. The topological polar surface area (TPSA) is 76.9 Å². The van der Waals surface area contributed by atoms with Gasteiger partial charge in [0.2, 0.25) is 5.43 Å². The van der Waals surface area contributed by atoms with E-state index in [9.17, 15) is 18.4 Å². The number of rotatable bonds is 3. The average molecular weight is 365 g/mol. The summed E-state index contributed by atoms with van der Waals surface area (Å²) in [6.45, 7) is 2.00. The number of aromatic nitrogens is 3. The zero-order chi connectivity index (χ0) is 18.1. The lowest BCUT2D eigenvalue weighted by molar-refractivity contribution is 0.0954. The Kier molecular flexibility index (Phi) is 4.45. The van der Waals surface area contributed by atoms with Gasteiger partial charge in [0.1, 0.15) is 16.5 Å². The molecule has 0 unspecified atom stereocenters. The molecule has 3 aromatic heterocycles. The van der Waals surface area contributed by atoms with Crippen LogP contribution < -0.4 is 10.7 Å². The molecule has 3 rings (SSSR count). The zero-order valence-corrected chi connectivity index (χ0v) is 13.6. The van der Waals surface area contributed by atoms with Gasteiger partial charge in [-0.3, -0.25) is 14.2 Å². The van der Waals surface area contributed by atoms with E-state index in [0.29, 0.717) is 12.6 Å². The molecule has 0 radical (unpaired) electrons. The molecule has 0 aliphatic rings. The Hall–Kier alpha value is -2.87. The van der Waals surface area contributed by atoms with Crippen molar-refractivity contribution in [3.05, 3.63) is 63.2 Å². The highest BCUT2D eigenvalue weighted by molar-refractivity contribution is 6.29. The van der Waals surface area contributed by atoms with E-state index >= 15 is 0 Å². The van der Waals surface area contributed by atoms with Gasteiger partial charge in [-0.25, -0.2) is 18.7 Å². The van der Waals surface area contributed by atoms with Crippen molar-refractivity contribution in [1.29, 1.82) is 0 Å². The fourth-order valence-electron chi connectivity index (χ4n) is 2.34. The predicted octanol–water partition coefficient (Wildman–Crippen LogP) is 2.46. The summed E-state index contributed by atoms with van der Waals surface area (Å²) in [6.07, 6.45) is 1.93. The van der Waals surface area contributed by atoms with E-state index in [2.05, 4.69) is 15.3 Å². The van der Waals surface area contributed by atoms with E-state index < -0.39 is 23.0 Å². The Bertz CT molecular complexity index is 1050. The molecular weight excluding hydrogens is 354 g/mol. The molecule has 25 heavy (non-hydrogen) atoms. The van der Waals surface area contributed by atoms with Gasteiger partial charge in [0.15, 0.2) is 17.3 Å². The average Bonchev–Trinajstić information content (AvgIpc) is 2.56. The minimum Gasteiger partial charge on any atom is -0.352 e. The van der Waals surface area contributed by atoms with Gasteiger partial charge >= 0.3 is 0 Å². The number of pyridine rings is 3. The Morgan fingerprint density at radius 1 is 1.36 bits per heavy atom. The van der Waals surface area contributed by atoms with Gasteiger partial charge in [0.25, 0.3) is 5.91 Å². The number of hydrogen-bond acceptors (Lipinski definition) is 4. The summed E-state index contributed by atoms with van der Waals surface area (Å²) in [6, 6.07) is 3.40. The maximum absolute atomic E-state index is 14.2. The fourth-order valence-corrected chi connectivity index (χ4v) is 2.49. The summed E-state index contributed by atoms with van der Waals surface area (Å²) >= 11 is 5.87. The van der Waals surface area contributed by atoms with Crippen molar-refractivity contribution >= 4 is 28.5 Å². The van der Waals surface area contributed by atoms with Crippen LogP contribution in [0.1, 0.15) is 17.3 Å². The Morgan fingerprint density at radius 3 is 2.80 bits per heavy atom. The molecule has 0 aliphatic carbocycles. The van der Waals surface area contributed by atoms with Gasteiger partial charge in [0.05, 0.1) is 11.6 Å². The molecule has 3 aromatic rings. The summed E-state index contributed by atoms with van der Waals surface area (Å²) in [7, 11) is 0. The normalized spacial score (nSPS) is 10.9. The SMILES string of the molecule is CCNC(=O)c1cn(-c2ncc(F)cc2F)c2nc(Cl)ccc2c1=O. The fraction of sp³-hybridized carbons (Fsp3) is 0.125. The number of carbonyl (C=O) groups excluding carboxylic acids is 1. The predicted molar refractivity (Wildman–Crippen MR) is 88.1 cm³/mol. The Balaban J connectivity index is 2.39. The van der Waals surface area contributed by atoms with Crippen LogP contribution in [-0.2, 0) is 0 Å². The van der Waals surface area contributed by atoms with Crippen LogP contribution in [0.15, 0.2) is 35.4 Å². The van der Waals surface area contributed by atoms with Gasteiger partial charge < -0.3 is 5.32 Å². The summed E-state index contributed by atoms with van der Waals surface area (Å²) in [5, 5.41) is 2.63. The number of carbonyl (C=O) groups is 1. The third-order valence-electron chi connectivity index (χ3n) is 3.42. The number of hydrogen-bond donors (Lipinski definition) is 1. The standard InChI is InChI=1S/C16H11ClF2N4O2/c1-2-20-16(25)10-7-23(15-11(19)5-8(18)6-21-15)14-9(13(10)24)3-4-12(17)22-14/h3-7H,2H2,1H3,(H,20,25). The van der Waals surface area contributed by atoms with Crippen LogP contribution in [0, 0.1) is 11.6 Å². The summed E-state index contributed by atoms with van der Waals surface area (Å²) in [4.78, 5) is 32.4. The molecule has 0 atom stereocenters. The van der Waals surface area contributed by atoms with Crippen molar-refractivity contribution in [3.8, 4) is 5.82 Å². The molecule has 1 amide bonds. The molecule has 0 saturated carbocycles. The second-order valence-corrected chi connectivity index (χ2v) is 5.45. The molecule has 0 bridgehead atoms. The summed E-state index contributed by atoms with van der Waals surface area (Å²) < 4.78 is 28.4. The van der Waals surface area contributed by atoms with Gasteiger partial charge in [-0.15, -0.1) is 0 Å². The van der Waals surface area contributed by atoms with Crippen LogP contribution in [-0.4, -0.2) is 27.0 Å². The van der Waals surface area contributed by atoms with Crippen LogP contribution in [0.25, 0.3) is 16.9 Å². The highest BCUT2D eigenvalue weighted by Crippen LogP contribution is 2.19. The van der Waals surface area contributed by atoms with E-state index in [1.165, 1.54) is 12.1 Å². The van der Waals surface area contributed by atoms with Crippen molar-refractivity contribution < 1.29 is 13.6 Å². The molecular formula is C16H11ClF2N4O2. The number of fused-ring (bicyclic) bond motifs is 1. The molecule has 0 fully saturated rings. The van der Waals surface area contributed by atoms with Crippen molar-refractivity contribution in [2.75, 3.05) is 6.54 Å². The number of halogens is 3. The van der Waals surface area contributed by atoms with E-state index in [0.717, 1.165) is 17.0 Å². The molecule has 1 N–H and O–H groups in total. The van der Waals surface area contributed by atoms with E-state index in [1.54, 1.807) is 6.92 Å². The first-order chi connectivity index (χ1) is 11.9. The molecule has 0 spiro atoms. The first-order valence-corrected chi connectivity index (χ1v) is 7.61. The van der Waals surface area contributed by atoms with Gasteiger partial charge in [-0.1, -0.05) is 11.6 Å². The highest BCUT2D eigenvalue weighted by Gasteiger charge is 2.19. The van der Waals surface area contributed by atoms with Crippen molar-refractivity contribution in [2.24, 2.45) is 0 Å². The number of amides is 1. The van der Waals surface area contributed by atoms with Crippen molar-refractivity contribution in [2.45, 2.75) is 6.92 Å². The summed E-state index contributed by atoms with van der Waals surface area (Å²) in [5.41, 5.74) is -0.795. The third kappa shape index (κ3) is 3.08. The quantitative estimate of drug-likeness (QED) is 0.724. The molecule has 9 heteroatoms. The van der Waals surface area contributed by atoms with Crippen LogP contribution in [0.4, 0.5) is 8.78 Å². The maximum atomic E-state index is 14.2. The van der Waals surface area contributed by atoms with Crippen molar-refractivity contribution in [1.82, 2.24) is 19.9 Å². The largest absolute Gasteiger partial charge is 0.352 e. The maximum Gasteiger partial charge on any atom is 0.256 e. The van der Waals surface area contributed by atoms with Gasteiger partial charge in [0, 0.05) is 18.8 Å². The number of nitrogens with one attached hydrogen (secondary N) is 1. The van der Waals surface area contributed by atoms with Gasteiger partial charge in [-0.2, -0.15) is 0 Å². The van der Waals surface area contributed by atoms with Crippen LogP contribution in [0.2, 0.25) is 5.15 Å². The first kappa shape index (κ1) is 17.0. The lowest BCUT2D eigenvalue weighted by Gasteiger charge is -2.12. The van der Waals surface area contributed by atoms with E-state index in [-0.39, 0.29) is 27.6 Å². The highest BCUT2D eigenvalue weighted by atomic mass is 35.5. The van der Waals surface area contributed by atoms with Gasteiger partial charge in [-0.05, 0) is 19.1 Å². The molecule has 3 heterocycles. The first-order valence-electron chi connectivity index (χ1n) is 7.24. The van der Waals surface area contributed by atoms with Crippen LogP contribution >= 0.6 is 11.6 Å². The second kappa shape index (κ2) is 6.56. The van der Waals surface area contributed by atoms with E-state index in [1.807, 2.05) is 0 Å². The second-order valence-electron chi connectivity index (χ2n) is 5.07. The van der Waals surface area contributed by atoms with E-state index in [4.69, 9.17) is 11.6 Å². The lowest BCUT2D eigenvalue weighted by Crippen LogP contribution is -2.29. The van der Waals surface area contributed by atoms with Crippen LogP contribution in [0.5, 0.6) is 0 Å². The molecule has 128 valence electrons. The minimum atomic E-state index is -0.978. The number of nitrogens with zero attached hydrogens (tertiary/aromatic N) is 3.